The molecule has 1 fully saturated rings. The van der Waals surface area contributed by atoms with E-state index in [0.717, 1.165) is 50.1 Å². The van der Waals surface area contributed by atoms with E-state index in [9.17, 15) is 62.8 Å². The summed E-state index contributed by atoms with van der Waals surface area (Å²) in [4.78, 5) is 67.8. The van der Waals surface area contributed by atoms with Crippen molar-refractivity contribution < 1.29 is 96.2 Å². The fourth-order valence-electron chi connectivity index (χ4n) is 8.94. The number of methoxy groups -OCH3 is 4. The fraction of sp³-hybridized carbons (Fsp3) is 0.261. The molecule has 0 unspecified atom stereocenters. The zero-order chi connectivity index (χ0) is 78.1. The van der Waals surface area contributed by atoms with Crippen molar-refractivity contribution in [1.82, 2.24) is 29.3 Å². The highest BCUT2D eigenvalue weighted by Gasteiger charge is 2.52. The number of sulfone groups is 3. The Hall–Kier alpha value is -8.07. The van der Waals surface area contributed by atoms with Gasteiger partial charge >= 0.3 is 37.0 Å². The second-order valence-electron chi connectivity index (χ2n) is 23.0. The standard InChI is InChI=1S/C13H14N2O4S.C12H10N2O3S.C10H17BN2O2.C9H9BrO4S.C9H9BrO2S.C8H6BrFO2.C7H4BrFO2.CH4/c1-15-8-10(7-14-15)9-4-5-11(13(16)19-2)12(6-9)20(3,17)18;1-14-6-9(5-13-14)8-2-3-10-11(15)7-18(16,17)12(10)4-8;1-9(2)10(3,4)15-11(14-9)8-6-12-13(5)7-8;1-14-9(11)7-4-3-6(10)5-8(7)15(2,12)13;1-12-9(11)7-4-3-6(10)5-8(7)13-2;1-12-8(11)6-3-2-5(9)4-7(6)10;8-4-1-2-5(7(10)11)6(9)3-4;/h4-8H,1-3H3;2-6H,7H2,1H3;6-7H,1-5H3;3-5H,1-2H3;3-5H,1-2H3;2-4H,1H3;1-3H,(H,10,11);1H4. The first-order valence-electron chi connectivity index (χ1n) is 29.8. The Morgan fingerprint density at radius 2 is 0.914 bits per heavy atom. The molecule has 0 spiro atoms. The number of aryl methyl sites for hydroxylation is 3. The fourth-order valence-corrected chi connectivity index (χ4v) is 14.5. The first kappa shape index (κ1) is 89.3. The number of hydrogen-bond donors (Lipinski definition) is 1. The minimum Gasteiger partial charge on any atom is -0.478 e. The highest BCUT2D eigenvalue weighted by atomic mass is 79.9. The van der Waals surface area contributed by atoms with E-state index in [-0.39, 0.29) is 74.4 Å². The Bertz CT molecular complexity index is 5020. The molecule has 11 rings (SSSR count). The van der Waals surface area contributed by atoms with Gasteiger partial charge in [-0.25, -0.2) is 58.0 Å². The normalized spacial score (nSPS) is 13.3. The van der Waals surface area contributed by atoms with Crippen molar-refractivity contribution in [3.05, 3.63) is 209 Å². The van der Waals surface area contributed by atoms with E-state index >= 15 is 0 Å². The summed E-state index contributed by atoms with van der Waals surface area (Å²) in [6.07, 6.45) is 14.6. The number of Topliss-reactive ketones (excluding diaryl/α,β-unsaturated/α-hetero) is 1. The summed E-state index contributed by atoms with van der Waals surface area (Å²) in [5.74, 6) is -5.62. The number of thioether (sulfide) groups is 1. The number of esters is 4. The molecule has 2 aliphatic heterocycles. The van der Waals surface area contributed by atoms with Crippen molar-refractivity contribution in [2.45, 2.75) is 65.9 Å². The van der Waals surface area contributed by atoms with Crippen LogP contribution >= 0.6 is 75.5 Å². The van der Waals surface area contributed by atoms with Crippen LogP contribution in [0.5, 0.6) is 0 Å². The second-order valence-corrected chi connectivity index (χ2v) is 33.4. The SMILES string of the molecule is C.COC(=O)c1ccc(-c2cnn(C)c2)cc1S(C)(=O)=O.COC(=O)c1ccc(Br)cc1F.COC(=O)c1ccc(Br)cc1S(C)(=O)=O.COC(=O)c1ccc(Br)cc1SC.Cn1cc(-c2ccc3c(c2)S(=O)(=O)CC3=O)cn1.Cn1cc(B2OC(C)(C)C(C)(C)O2)cn1.O=C(O)c1ccc(Br)cc1F. The van der Waals surface area contributed by atoms with Gasteiger partial charge in [-0.05, 0) is 142 Å². The van der Waals surface area contributed by atoms with Crippen LogP contribution in [0, 0.1) is 11.6 Å². The third kappa shape index (κ3) is 24.8. The van der Waals surface area contributed by atoms with Crippen LogP contribution in [0.4, 0.5) is 8.78 Å². The number of ketones is 1. The first-order chi connectivity index (χ1) is 48.4. The molecular weight excluding hydrogens is 1710 g/mol. The quantitative estimate of drug-likeness (QED) is 0.0544. The number of hydrogen-bond acceptors (Lipinski definition) is 22. The number of benzene rings is 6. The summed E-state index contributed by atoms with van der Waals surface area (Å²) in [5, 5.41) is 20.6. The molecule has 0 bridgehead atoms. The smallest absolute Gasteiger partial charge is 0.478 e. The number of aromatic nitrogens is 6. The van der Waals surface area contributed by atoms with Crippen LogP contribution in [0.2, 0.25) is 0 Å². The summed E-state index contributed by atoms with van der Waals surface area (Å²) in [6, 6.07) is 27.2. The van der Waals surface area contributed by atoms with Gasteiger partial charge in [-0.2, -0.15) is 15.3 Å². The summed E-state index contributed by atoms with van der Waals surface area (Å²) in [6.45, 7) is 8.18. The third-order valence-corrected chi connectivity index (χ3v) is 21.5. The van der Waals surface area contributed by atoms with Crippen molar-refractivity contribution in [2.75, 3.05) is 53.0 Å². The summed E-state index contributed by atoms with van der Waals surface area (Å²) in [7, 11) is -0.287. The lowest BCUT2D eigenvalue weighted by molar-refractivity contribution is 0.00578. The van der Waals surface area contributed by atoms with Crippen LogP contribution in [-0.4, -0.2) is 167 Å². The lowest BCUT2D eigenvalue weighted by Gasteiger charge is -2.32. The number of carboxylic acid groups (broad SMARTS) is 1. The number of carbonyl (C=O) groups is 6. The zero-order valence-electron chi connectivity index (χ0n) is 58.0. The van der Waals surface area contributed by atoms with Gasteiger partial charge in [0.25, 0.3) is 0 Å². The average Bonchev–Trinajstić information content (AvgIpc) is 1.65. The topological polar surface area (TPSA) is 334 Å². The molecule has 6 aromatic carbocycles. The minimum atomic E-state index is -3.54. The van der Waals surface area contributed by atoms with Gasteiger partial charge in [0.1, 0.15) is 17.4 Å². The maximum Gasteiger partial charge on any atom is 0.498 e. The first-order valence-corrected chi connectivity index (χ1v) is 39.6. The molecule has 5 heterocycles. The summed E-state index contributed by atoms with van der Waals surface area (Å²) < 4.78 is 133. The maximum atomic E-state index is 13.0. The van der Waals surface area contributed by atoms with Gasteiger partial charge in [-0.15, -0.1) is 11.8 Å². The summed E-state index contributed by atoms with van der Waals surface area (Å²) in [5.41, 5.74) is 4.03. The van der Waals surface area contributed by atoms with Crippen molar-refractivity contribution in [3.8, 4) is 22.3 Å². The van der Waals surface area contributed by atoms with Gasteiger partial charge in [0.15, 0.2) is 35.3 Å². The molecular formula is C69H73BBr4F2N6O19S4. The highest BCUT2D eigenvalue weighted by Crippen LogP contribution is 2.37. The lowest BCUT2D eigenvalue weighted by Crippen LogP contribution is -2.41. The number of nitrogens with zero attached hydrogens (tertiary/aromatic N) is 6. The van der Waals surface area contributed by atoms with Gasteiger partial charge in [-0.3, -0.25) is 18.8 Å². The molecule has 3 aromatic heterocycles. The van der Waals surface area contributed by atoms with Crippen molar-refractivity contribution in [2.24, 2.45) is 21.1 Å². The molecule has 9 aromatic rings. The van der Waals surface area contributed by atoms with Crippen LogP contribution < -0.4 is 5.46 Å². The molecule has 36 heteroatoms. The van der Waals surface area contributed by atoms with E-state index in [1.807, 2.05) is 59.3 Å². The van der Waals surface area contributed by atoms with Gasteiger partial charge < -0.3 is 33.4 Å². The number of carbonyl (C=O) groups excluding carboxylic acids is 5. The molecule has 1 saturated heterocycles. The maximum absolute atomic E-state index is 13.0. The monoisotopic (exact) mass is 1780 g/mol. The Balaban J connectivity index is 0.000000261. The predicted molar refractivity (Wildman–Crippen MR) is 406 cm³/mol. The van der Waals surface area contributed by atoms with Gasteiger partial charge in [0.05, 0.1) is 94.5 Å². The molecule has 0 radical (unpaired) electrons. The van der Waals surface area contributed by atoms with Gasteiger partial charge in [0.2, 0.25) is 0 Å². The Morgan fingerprint density at radius 3 is 1.32 bits per heavy atom. The predicted octanol–water partition coefficient (Wildman–Crippen LogP) is 12.9. The van der Waals surface area contributed by atoms with Crippen molar-refractivity contribution >= 4 is 153 Å². The van der Waals surface area contributed by atoms with Crippen molar-refractivity contribution in [1.29, 1.82) is 0 Å². The lowest BCUT2D eigenvalue weighted by atomic mass is 9.82. The van der Waals surface area contributed by atoms with Crippen LogP contribution in [0.3, 0.4) is 0 Å². The average molecular weight is 1790 g/mol. The van der Waals surface area contributed by atoms with Crippen LogP contribution in [0.15, 0.2) is 184 Å². The minimum absolute atomic E-state index is 0. The molecule has 105 heavy (non-hydrogen) atoms. The van der Waals surface area contributed by atoms with E-state index in [1.54, 1.807) is 102 Å². The van der Waals surface area contributed by atoms with E-state index in [1.165, 1.54) is 88.7 Å². The molecule has 0 atom stereocenters. The number of halogens is 6. The molecule has 0 saturated carbocycles. The Kier molecular flexibility index (Phi) is 32.7. The number of ether oxygens (including phenoxy) is 4. The van der Waals surface area contributed by atoms with Gasteiger partial charge in [-0.1, -0.05) is 83.3 Å². The van der Waals surface area contributed by atoms with Crippen molar-refractivity contribution in [3.63, 3.8) is 0 Å². The van der Waals surface area contributed by atoms with E-state index in [0.29, 0.717) is 30.1 Å². The third-order valence-electron chi connectivity index (χ3n) is 14.9. The second kappa shape index (κ2) is 38.5. The number of aromatic carboxylic acids is 1. The molecule has 0 aliphatic carbocycles. The molecule has 2 aliphatic rings. The van der Waals surface area contributed by atoms with E-state index in [4.69, 9.17) is 14.4 Å². The van der Waals surface area contributed by atoms with Gasteiger partial charge in [0, 0.05) is 103 Å². The molecule has 25 nitrogen and oxygen atoms in total. The van der Waals surface area contributed by atoms with Crippen LogP contribution in [0.1, 0.15) is 97.3 Å². The molecule has 1 N–H and O–H groups in total. The largest absolute Gasteiger partial charge is 0.498 e. The Morgan fingerprint density at radius 1 is 0.543 bits per heavy atom. The number of rotatable bonds is 11. The van der Waals surface area contributed by atoms with Crippen LogP contribution in [-0.2, 0) is 78.9 Å². The zero-order valence-corrected chi connectivity index (χ0v) is 67.6. The molecule has 0 amide bonds. The Labute approximate surface area is 645 Å². The molecule has 562 valence electrons. The van der Waals surface area contributed by atoms with E-state index in [2.05, 4.69) is 98.0 Å². The van der Waals surface area contributed by atoms with E-state index < -0.39 is 70.8 Å². The highest BCUT2D eigenvalue weighted by molar-refractivity contribution is 9.11. The summed E-state index contributed by atoms with van der Waals surface area (Å²) >= 11 is 14.1. The van der Waals surface area contributed by atoms with Crippen LogP contribution in [0.25, 0.3) is 22.3 Å². The number of fused-ring (bicyclic) bond motifs is 1. The number of carboxylic acids is 1.